The monoisotopic (exact) mass is 293 g/mol. The molecule has 1 heterocycles. The summed E-state index contributed by atoms with van der Waals surface area (Å²) >= 11 is 0. The van der Waals surface area contributed by atoms with Crippen LogP contribution >= 0.6 is 0 Å². The molecule has 0 aromatic heterocycles. The number of nitrogens with two attached hydrogens (primary N) is 1. The minimum atomic E-state index is -0.702. The molecule has 1 aliphatic heterocycles. The van der Waals surface area contributed by atoms with Crippen molar-refractivity contribution < 1.29 is 9.90 Å². The average molecular weight is 293 g/mol. The Morgan fingerprint density at radius 1 is 1.43 bits per heavy atom. The summed E-state index contributed by atoms with van der Waals surface area (Å²) in [5.74, 6) is 0.150. The molecule has 3 N–H and O–H groups in total. The van der Waals surface area contributed by atoms with Gasteiger partial charge >= 0.3 is 0 Å². The number of aliphatic hydroxyl groups excluding tert-OH is 1. The zero-order chi connectivity index (χ0) is 15.6. The lowest BCUT2D eigenvalue weighted by Crippen LogP contribution is -2.57. The molecule has 2 aliphatic rings. The number of carbonyl (C=O) groups excluding carboxylic acids is 1. The van der Waals surface area contributed by atoms with Crippen LogP contribution < -0.4 is 5.73 Å². The van der Waals surface area contributed by atoms with Gasteiger partial charge in [0.2, 0.25) is 5.91 Å². The predicted octanol–water partition coefficient (Wildman–Crippen LogP) is 1.41. The molecule has 1 aliphatic carbocycles. The summed E-state index contributed by atoms with van der Waals surface area (Å²) in [7, 11) is 0. The SMILES string of the molecule is CC1CC(C#N)N(C(=O)C(N)C2(CO)CCCCC2)[C@H]1C. The second kappa shape index (κ2) is 6.33. The van der Waals surface area contributed by atoms with Crippen molar-refractivity contribution in [3.05, 3.63) is 0 Å². The summed E-state index contributed by atoms with van der Waals surface area (Å²) in [6.45, 7) is 4.00. The maximum atomic E-state index is 12.9. The number of carbonyl (C=O) groups is 1. The van der Waals surface area contributed by atoms with Crippen molar-refractivity contribution in [2.24, 2.45) is 17.1 Å². The molecule has 2 fully saturated rings. The quantitative estimate of drug-likeness (QED) is 0.823. The first kappa shape index (κ1) is 16.3. The third-order valence-electron chi connectivity index (χ3n) is 5.69. The molecule has 0 radical (unpaired) electrons. The molecule has 0 bridgehead atoms. The highest BCUT2D eigenvalue weighted by Gasteiger charge is 2.47. The van der Waals surface area contributed by atoms with Gasteiger partial charge in [-0.2, -0.15) is 5.26 Å². The zero-order valence-electron chi connectivity index (χ0n) is 13.1. The van der Waals surface area contributed by atoms with E-state index in [-0.39, 0.29) is 24.6 Å². The first-order chi connectivity index (χ1) is 9.96. The maximum Gasteiger partial charge on any atom is 0.241 e. The highest BCUT2D eigenvalue weighted by atomic mass is 16.3. The number of hydrogen-bond donors (Lipinski definition) is 2. The Bertz CT molecular complexity index is 426. The summed E-state index contributed by atoms with van der Waals surface area (Å²) in [4.78, 5) is 14.5. The Labute approximate surface area is 127 Å². The second-order valence-corrected chi connectivity index (χ2v) is 6.90. The fourth-order valence-corrected chi connectivity index (χ4v) is 3.94. The molecule has 0 spiro atoms. The number of rotatable bonds is 3. The van der Waals surface area contributed by atoms with Gasteiger partial charge in [0.15, 0.2) is 0 Å². The van der Waals surface area contributed by atoms with Gasteiger partial charge in [0.1, 0.15) is 6.04 Å². The highest BCUT2D eigenvalue weighted by Crippen LogP contribution is 2.40. The maximum absolute atomic E-state index is 12.9. The van der Waals surface area contributed by atoms with E-state index in [0.29, 0.717) is 12.3 Å². The lowest BCUT2D eigenvalue weighted by molar-refractivity contribution is -0.139. The van der Waals surface area contributed by atoms with Crippen LogP contribution in [-0.4, -0.2) is 40.6 Å². The third kappa shape index (κ3) is 2.79. The standard InChI is InChI=1S/C16H27N3O2/c1-11-8-13(9-17)19(12(11)2)15(21)14(18)16(10-20)6-4-3-5-7-16/h11-14,20H,3-8,10,18H2,1-2H3/t11?,12-,13?,14?/m0/s1. The third-order valence-corrected chi connectivity index (χ3v) is 5.69. The van der Waals surface area contributed by atoms with Gasteiger partial charge in [-0.05, 0) is 32.1 Å². The molecule has 3 unspecified atom stereocenters. The molecule has 1 saturated heterocycles. The summed E-state index contributed by atoms with van der Waals surface area (Å²) in [6, 6.07) is 1.18. The van der Waals surface area contributed by atoms with Crippen molar-refractivity contribution >= 4 is 5.91 Å². The molecule has 1 amide bonds. The minimum absolute atomic E-state index is 0.0348. The highest BCUT2D eigenvalue weighted by molar-refractivity contribution is 5.84. The number of nitriles is 1. The largest absolute Gasteiger partial charge is 0.396 e. The fraction of sp³-hybridized carbons (Fsp3) is 0.875. The first-order valence-corrected chi connectivity index (χ1v) is 8.05. The number of hydrogen-bond acceptors (Lipinski definition) is 4. The second-order valence-electron chi connectivity index (χ2n) is 6.90. The lowest BCUT2D eigenvalue weighted by Gasteiger charge is -2.42. The fourth-order valence-electron chi connectivity index (χ4n) is 3.94. The van der Waals surface area contributed by atoms with Crippen LogP contribution in [0.5, 0.6) is 0 Å². The van der Waals surface area contributed by atoms with E-state index in [1.54, 1.807) is 4.90 Å². The Balaban J connectivity index is 2.20. The molecule has 2 rings (SSSR count). The van der Waals surface area contributed by atoms with E-state index in [0.717, 1.165) is 32.1 Å². The number of amides is 1. The van der Waals surface area contributed by atoms with Crippen molar-refractivity contribution in [3.63, 3.8) is 0 Å². The summed E-state index contributed by atoms with van der Waals surface area (Å²) in [5.41, 5.74) is 5.78. The van der Waals surface area contributed by atoms with Crippen LogP contribution in [-0.2, 0) is 4.79 Å². The first-order valence-electron chi connectivity index (χ1n) is 8.05. The van der Waals surface area contributed by atoms with Crippen molar-refractivity contribution in [2.75, 3.05) is 6.61 Å². The number of likely N-dealkylation sites (tertiary alicyclic amines) is 1. The zero-order valence-corrected chi connectivity index (χ0v) is 13.1. The minimum Gasteiger partial charge on any atom is -0.396 e. The van der Waals surface area contributed by atoms with Crippen LogP contribution in [0.3, 0.4) is 0 Å². The van der Waals surface area contributed by atoms with Gasteiger partial charge in [-0.3, -0.25) is 4.79 Å². The van der Waals surface area contributed by atoms with Gasteiger partial charge in [-0.1, -0.05) is 26.2 Å². The van der Waals surface area contributed by atoms with Crippen LogP contribution in [0.4, 0.5) is 0 Å². The lowest BCUT2D eigenvalue weighted by atomic mass is 9.69. The van der Waals surface area contributed by atoms with Crippen LogP contribution in [0.15, 0.2) is 0 Å². The molecule has 118 valence electrons. The number of aliphatic hydroxyl groups is 1. The van der Waals surface area contributed by atoms with Gasteiger partial charge in [-0.15, -0.1) is 0 Å². The molecule has 5 heteroatoms. The van der Waals surface area contributed by atoms with E-state index in [4.69, 9.17) is 5.73 Å². The van der Waals surface area contributed by atoms with E-state index < -0.39 is 11.5 Å². The van der Waals surface area contributed by atoms with Crippen LogP contribution in [0.1, 0.15) is 52.4 Å². The predicted molar refractivity (Wildman–Crippen MR) is 80.1 cm³/mol. The van der Waals surface area contributed by atoms with Crippen molar-refractivity contribution in [3.8, 4) is 6.07 Å². The Morgan fingerprint density at radius 3 is 2.57 bits per heavy atom. The van der Waals surface area contributed by atoms with Gasteiger partial charge in [0.25, 0.3) is 0 Å². The molecule has 5 nitrogen and oxygen atoms in total. The Morgan fingerprint density at radius 2 is 2.05 bits per heavy atom. The van der Waals surface area contributed by atoms with E-state index >= 15 is 0 Å². The smallest absolute Gasteiger partial charge is 0.241 e. The number of nitrogens with zero attached hydrogens (tertiary/aromatic N) is 2. The molecule has 0 aromatic rings. The van der Waals surface area contributed by atoms with Gasteiger partial charge in [-0.25, -0.2) is 0 Å². The van der Waals surface area contributed by atoms with Crippen molar-refractivity contribution in [1.82, 2.24) is 4.90 Å². The molecule has 1 saturated carbocycles. The summed E-state index contributed by atoms with van der Waals surface area (Å²) in [6.07, 6.45) is 5.46. The topological polar surface area (TPSA) is 90.4 Å². The van der Waals surface area contributed by atoms with Gasteiger partial charge in [0, 0.05) is 11.5 Å². The molecular formula is C16H27N3O2. The molecule has 0 aromatic carbocycles. The average Bonchev–Trinajstić information content (AvgIpc) is 2.81. The normalized spacial score (nSPS) is 33.5. The Hall–Kier alpha value is -1.12. The van der Waals surface area contributed by atoms with Crippen LogP contribution in [0.25, 0.3) is 0 Å². The molecule has 4 atom stereocenters. The van der Waals surface area contributed by atoms with E-state index in [9.17, 15) is 15.2 Å². The Kier molecular flexibility index (Phi) is 4.90. The molecular weight excluding hydrogens is 266 g/mol. The van der Waals surface area contributed by atoms with E-state index in [1.807, 2.05) is 6.92 Å². The van der Waals surface area contributed by atoms with Crippen molar-refractivity contribution in [2.45, 2.75) is 70.5 Å². The van der Waals surface area contributed by atoms with Gasteiger partial charge in [0.05, 0.1) is 18.7 Å². The summed E-state index contributed by atoms with van der Waals surface area (Å²) < 4.78 is 0. The van der Waals surface area contributed by atoms with E-state index in [1.165, 1.54) is 0 Å². The van der Waals surface area contributed by atoms with Gasteiger partial charge < -0.3 is 15.7 Å². The molecule has 21 heavy (non-hydrogen) atoms. The van der Waals surface area contributed by atoms with E-state index in [2.05, 4.69) is 13.0 Å². The van der Waals surface area contributed by atoms with Crippen LogP contribution in [0, 0.1) is 22.7 Å². The van der Waals surface area contributed by atoms with Crippen molar-refractivity contribution in [1.29, 1.82) is 5.26 Å². The summed E-state index contributed by atoms with van der Waals surface area (Å²) in [5, 5.41) is 19.1. The van der Waals surface area contributed by atoms with Crippen LogP contribution in [0.2, 0.25) is 0 Å².